The molecule has 1 aromatic heterocycles. The van der Waals surface area contributed by atoms with Crippen molar-refractivity contribution >= 4 is 6.09 Å². The molecular formula is C12H17F3N4O2. The average molecular weight is 306 g/mol. The van der Waals surface area contributed by atoms with Crippen LogP contribution in [0.1, 0.15) is 45.4 Å². The molecule has 1 aromatic rings. The number of fused-ring (bicyclic) bond motifs is 1. The van der Waals surface area contributed by atoms with Crippen molar-refractivity contribution in [3.8, 4) is 0 Å². The maximum Gasteiger partial charge on any atom is 0.451 e. The fourth-order valence-corrected chi connectivity index (χ4v) is 2.19. The number of amides is 1. The first-order valence-electron chi connectivity index (χ1n) is 6.48. The number of alkyl halides is 3. The molecule has 2 heterocycles. The second-order valence-electron chi connectivity index (χ2n) is 6.02. The summed E-state index contributed by atoms with van der Waals surface area (Å²) < 4.78 is 44.7. The highest BCUT2D eigenvalue weighted by Gasteiger charge is 2.42. The third-order valence-electron chi connectivity index (χ3n) is 2.93. The molecule has 6 nitrogen and oxygen atoms in total. The first kappa shape index (κ1) is 15.6. The summed E-state index contributed by atoms with van der Waals surface area (Å²) in [6.07, 6.45) is -5.13. The zero-order valence-corrected chi connectivity index (χ0v) is 12.2. The van der Waals surface area contributed by atoms with Crippen LogP contribution in [0, 0.1) is 0 Å². The highest BCUT2D eigenvalue weighted by atomic mass is 19.4. The number of aromatic nitrogens is 3. The van der Waals surface area contributed by atoms with Crippen LogP contribution in [0.2, 0.25) is 0 Å². The van der Waals surface area contributed by atoms with Gasteiger partial charge in [0.05, 0.1) is 12.6 Å². The van der Waals surface area contributed by atoms with Crippen LogP contribution in [0.5, 0.6) is 0 Å². The van der Waals surface area contributed by atoms with Crippen LogP contribution in [0.25, 0.3) is 0 Å². The molecule has 2 rings (SSSR count). The van der Waals surface area contributed by atoms with E-state index in [0.717, 1.165) is 4.57 Å². The molecular weight excluding hydrogens is 289 g/mol. The van der Waals surface area contributed by atoms with Gasteiger partial charge in [0.2, 0.25) is 5.82 Å². The summed E-state index contributed by atoms with van der Waals surface area (Å²) in [5, 5.41) is 6.74. The first-order valence-corrected chi connectivity index (χ1v) is 6.48. The lowest BCUT2D eigenvalue weighted by Crippen LogP contribution is -2.43. The Labute approximate surface area is 119 Å². The summed E-state index contributed by atoms with van der Waals surface area (Å²) in [7, 11) is 0. The second-order valence-corrected chi connectivity index (χ2v) is 6.02. The van der Waals surface area contributed by atoms with E-state index >= 15 is 0 Å². The maximum atomic E-state index is 12.8. The van der Waals surface area contributed by atoms with E-state index in [4.69, 9.17) is 4.74 Å². The Hall–Kier alpha value is -1.80. The fourth-order valence-electron chi connectivity index (χ4n) is 2.19. The van der Waals surface area contributed by atoms with Crippen LogP contribution < -0.4 is 0 Å². The normalized spacial score (nSPS) is 19.4. The van der Waals surface area contributed by atoms with E-state index in [9.17, 15) is 18.0 Å². The maximum absolute atomic E-state index is 12.8. The highest BCUT2D eigenvalue weighted by molar-refractivity contribution is 5.68. The molecule has 9 heteroatoms. The summed E-state index contributed by atoms with van der Waals surface area (Å²) in [4.78, 5) is 13.3. The molecule has 1 aliphatic heterocycles. The topological polar surface area (TPSA) is 60.3 Å². The minimum Gasteiger partial charge on any atom is -0.444 e. The molecule has 0 saturated carbocycles. The van der Waals surface area contributed by atoms with Gasteiger partial charge in [-0.2, -0.15) is 13.2 Å². The predicted octanol–water partition coefficient (Wildman–Crippen LogP) is 2.61. The Morgan fingerprint density at radius 1 is 1.29 bits per heavy atom. The van der Waals surface area contributed by atoms with Crippen molar-refractivity contribution in [3.63, 3.8) is 0 Å². The Morgan fingerprint density at radius 3 is 2.43 bits per heavy atom. The minimum atomic E-state index is -4.56. The fraction of sp³-hybridized carbons (Fsp3) is 0.750. The lowest BCUT2D eigenvalue weighted by atomic mass is 10.2. The second kappa shape index (κ2) is 4.88. The minimum absolute atomic E-state index is 0.0532. The lowest BCUT2D eigenvalue weighted by Gasteiger charge is -2.33. The van der Waals surface area contributed by atoms with Gasteiger partial charge < -0.3 is 9.30 Å². The van der Waals surface area contributed by atoms with Gasteiger partial charge in [0.25, 0.3) is 0 Å². The van der Waals surface area contributed by atoms with Crippen molar-refractivity contribution in [2.75, 3.05) is 6.54 Å². The number of rotatable bonds is 0. The zero-order valence-electron chi connectivity index (χ0n) is 12.2. The number of hydrogen-bond donors (Lipinski definition) is 0. The van der Waals surface area contributed by atoms with Crippen LogP contribution in [-0.2, 0) is 17.5 Å². The molecule has 0 radical (unpaired) electrons. The van der Waals surface area contributed by atoms with Gasteiger partial charge in [0, 0.05) is 6.54 Å². The first-order chi connectivity index (χ1) is 9.49. The van der Waals surface area contributed by atoms with E-state index < -0.39 is 29.7 Å². The Bertz CT molecular complexity index is 548. The van der Waals surface area contributed by atoms with Gasteiger partial charge in [-0.25, -0.2) is 4.79 Å². The summed E-state index contributed by atoms with van der Waals surface area (Å²) >= 11 is 0. The van der Waals surface area contributed by atoms with E-state index in [1.165, 1.54) is 4.90 Å². The van der Waals surface area contributed by atoms with Crippen molar-refractivity contribution < 1.29 is 22.7 Å². The average Bonchev–Trinajstić information content (AvgIpc) is 2.70. The summed E-state index contributed by atoms with van der Waals surface area (Å²) in [5.74, 6) is -0.930. The molecule has 0 aromatic carbocycles. The SMILES string of the molecule is C[C@H]1CN(C(=O)OC(C)(C)C)Cc2nnc(C(F)(F)F)n21. The van der Waals surface area contributed by atoms with E-state index in [1.54, 1.807) is 27.7 Å². The molecule has 0 unspecified atom stereocenters. The largest absolute Gasteiger partial charge is 0.451 e. The van der Waals surface area contributed by atoms with Gasteiger partial charge in [0.1, 0.15) is 5.60 Å². The van der Waals surface area contributed by atoms with E-state index in [1.807, 2.05) is 0 Å². The third kappa shape index (κ3) is 3.27. The van der Waals surface area contributed by atoms with Crippen LogP contribution in [0.3, 0.4) is 0 Å². The standard InChI is InChI=1S/C12H17F3N4O2/c1-7-5-18(10(20)21-11(2,3)4)6-8-16-17-9(19(7)8)12(13,14)15/h7H,5-6H2,1-4H3/t7-/m0/s1. The number of carbonyl (C=O) groups is 1. The molecule has 1 aliphatic rings. The van der Waals surface area contributed by atoms with E-state index in [2.05, 4.69) is 10.2 Å². The van der Waals surface area contributed by atoms with Crippen LogP contribution in [0.4, 0.5) is 18.0 Å². The molecule has 0 saturated heterocycles. The molecule has 0 N–H and O–H groups in total. The van der Waals surface area contributed by atoms with Crippen molar-refractivity contribution in [1.82, 2.24) is 19.7 Å². The van der Waals surface area contributed by atoms with Crippen LogP contribution in [0.15, 0.2) is 0 Å². The Morgan fingerprint density at radius 2 is 1.90 bits per heavy atom. The summed E-state index contributed by atoms with van der Waals surface area (Å²) in [6, 6.07) is -0.576. The molecule has 1 amide bonds. The molecule has 0 aliphatic carbocycles. The summed E-state index contributed by atoms with van der Waals surface area (Å²) in [5.41, 5.74) is -0.664. The van der Waals surface area contributed by atoms with Gasteiger partial charge in [-0.1, -0.05) is 0 Å². The third-order valence-corrected chi connectivity index (χ3v) is 2.93. The van der Waals surface area contributed by atoms with Gasteiger partial charge in [-0.05, 0) is 27.7 Å². The highest BCUT2D eigenvalue weighted by Crippen LogP contribution is 2.32. The van der Waals surface area contributed by atoms with Crippen LogP contribution >= 0.6 is 0 Å². The molecule has 0 fully saturated rings. The Kier molecular flexibility index (Phi) is 3.63. The van der Waals surface area contributed by atoms with Gasteiger partial charge in [-0.15, -0.1) is 10.2 Å². The van der Waals surface area contributed by atoms with Crippen LogP contribution in [-0.4, -0.2) is 37.9 Å². The van der Waals surface area contributed by atoms with Gasteiger partial charge in [0.15, 0.2) is 5.82 Å². The number of nitrogens with zero attached hydrogens (tertiary/aromatic N) is 4. The quantitative estimate of drug-likeness (QED) is 0.739. The lowest BCUT2D eigenvalue weighted by molar-refractivity contribution is -0.148. The van der Waals surface area contributed by atoms with E-state index in [0.29, 0.717) is 0 Å². The van der Waals surface area contributed by atoms with Crippen molar-refractivity contribution in [2.24, 2.45) is 0 Å². The van der Waals surface area contributed by atoms with Crippen molar-refractivity contribution in [2.45, 2.75) is 52.1 Å². The summed E-state index contributed by atoms with van der Waals surface area (Å²) in [6.45, 7) is 6.82. The monoisotopic (exact) mass is 306 g/mol. The molecule has 118 valence electrons. The zero-order chi connectivity index (χ0) is 16.0. The predicted molar refractivity (Wildman–Crippen MR) is 66.4 cm³/mol. The van der Waals surface area contributed by atoms with Gasteiger partial charge in [-0.3, -0.25) is 4.90 Å². The number of carbonyl (C=O) groups excluding carboxylic acids is 1. The number of halogens is 3. The Balaban J connectivity index is 2.23. The number of ether oxygens (including phenoxy) is 1. The van der Waals surface area contributed by atoms with Crippen molar-refractivity contribution in [1.29, 1.82) is 0 Å². The molecule has 21 heavy (non-hydrogen) atoms. The van der Waals surface area contributed by atoms with E-state index in [-0.39, 0.29) is 18.9 Å². The molecule has 0 spiro atoms. The van der Waals surface area contributed by atoms with Gasteiger partial charge >= 0.3 is 12.3 Å². The molecule has 1 atom stereocenters. The molecule has 0 bridgehead atoms. The number of hydrogen-bond acceptors (Lipinski definition) is 4. The van der Waals surface area contributed by atoms with Crippen molar-refractivity contribution in [3.05, 3.63) is 11.6 Å². The smallest absolute Gasteiger partial charge is 0.444 e.